The summed E-state index contributed by atoms with van der Waals surface area (Å²) in [6.45, 7) is 1.20. The standard InChI is InChI=1S/C15H16FNO3/c1-19-15(18)12-8-14(20-10-12)9-17-6-5-11-3-2-4-13(16)7-11/h2-4,7-8,10,17H,5-6,9H2,1H3. The van der Waals surface area contributed by atoms with E-state index in [9.17, 15) is 9.18 Å². The lowest BCUT2D eigenvalue weighted by molar-refractivity contribution is 0.0600. The van der Waals surface area contributed by atoms with Gasteiger partial charge in [-0.1, -0.05) is 12.1 Å². The summed E-state index contributed by atoms with van der Waals surface area (Å²) in [6, 6.07) is 8.16. The molecule has 1 heterocycles. The molecule has 0 aliphatic rings. The van der Waals surface area contributed by atoms with Gasteiger partial charge >= 0.3 is 5.97 Å². The Labute approximate surface area is 116 Å². The fourth-order valence-electron chi connectivity index (χ4n) is 1.84. The van der Waals surface area contributed by atoms with Gasteiger partial charge in [0.05, 0.1) is 19.2 Å². The van der Waals surface area contributed by atoms with Crippen molar-refractivity contribution in [1.29, 1.82) is 0 Å². The van der Waals surface area contributed by atoms with Gasteiger partial charge in [0.25, 0.3) is 0 Å². The monoisotopic (exact) mass is 277 g/mol. The van der Waals surface area contributed by atoms with Crippen LogP contribution >= 0.6 is 0 Å². The number of esters is 1. The fraction of sp³-hybridized carbons (Fsp3) is 0.267. The van der Waals surface area contributed by atoms with Gasteiger partial charge in [-0.15, -0.1) is 0 Å². The predicted molar refractivity (Wildman–Crippen MR) is 71.9 cm³/mol. The molecule has 5 heteroatoms. The van der Waals surface area contributed by atoms with Gasteiger partial charge in [-0.05, 0) is 36.7 Å². The van der Waals surface area contributed by atoms with Crippen molar-refractivity contribution < 1.29 is 18.3 Å². The molecule has 0 saturated heterocycles. The topological polar surface area (TPSA) is 51.5 Å². The Hall–Kier alpha value is -2.14. The van der Waals surface area contributed by atoms with Gasteiger partial charge in [0, 0.05) is 0 Å². The predicted octanol–water partition coefficient (Wildman–Crippen LogP) is 2.54. The van der Waals surface area contributed by atoms with Crippen molar-refractivity contribution in [2.24, 2.45) is 0 Å². The third-order valence-corrected chi connectivity index (χ3v) is 2.85. The molecule has 0 spiro atoms. The average Bonchev–Trinajstić information content (AvgIpc) is 2.92. The molecule has 0 amide bonds. The number of carbonyl (C=O) groups is 1. The molecule has 1 aromatic carbocycles. The number of methoxy groups -OCH3 is 1. The van der Waals surface area contributed by atoms with E-state index in [0.717, 1.165) is 12.0 Å². The number of carbonyl (C=O) groups excluding carboxylic acids is 1. The highest BCUT2D eigenvalue weighted by atomic mass is 19.1. The van der Waals surface area contributed by atoms with Gasteiger partial charge in [0.2, 0.25) is 0 Å². The highest BCUT2D eigenvalue weighted by molar-refractivity contribution is 5.88. The van der Waals surface area contributed by atoms with Crippen molar-refractivity contribution >= 4 is 5.97 Å². The third kappa shape index (κ3) is 3.93. The second-order valence-corrected chi connectivity index (χ2v) is 4.35. The maximum Gasteiger partial charge on any atom is 0.341 e. The molecule has 106 valence electrons. The van der Waals surface area contributed by atoms with E-state index in [1.165, 1.54) is 25.5 Å². The van der Waals surface area contributed by atoms with Crippen molar-refractivity contribution in [3.8, 4) is 0 Å². The summed E-state index contributed by atoms with van der Waals surface area (Å²) in [5, 5.41) is 3.17. The molecule has 1 aromatic heterocycles. The smallest absolute Gasteiger partial charge is 0.341 e. The summed E-state index contributed by atoms with van der Waals surface area (Å²) in [5.74, 6) is 0.0145. The van der Waals surface area contributed by atoms with Gasteiger partial charge in [-0.2, -0.15) is 0 Å². The molecule has 1 N–H and O–H groups in total. The Balaban J connectivity index is 1.76. The number of halogens is 1. The van der Waals surface area contributed by atoms with E-state index in [1.54, 1.807) is 12.1 Å². The Morgan fingerprint density at radius 3 is 3.00 bits per heavy atom. The minimum absolute atomic E-state index is 0.226. The normalized spacial score (nSPS) is 10.5. The molecule has 2 aromatic rings. The average molecular weight is 277 g/mol. The minimum atomic E-state index is -0.417. The Morgan fingerprint density at radius 2 is 2.25 bits per heavy atom. The molecule has 0 aliphatic heterocycles. The van der Waals surface area contributed by atoms with Crippen LogP contribution in [0.15, 0.2) is 41.0 Å². The lowest BCUT2D eigenvalue weighted by Gasteiger charge is -2.03. The van der Waals surface area contributed by atoms with E-state index in [0.29, 0.717) is 24.4 Å². The number of hydrogen-bond acceptors (Lipinski definition) is 4. The van der Waals surface area contributed by atoms with Crippen molar-refractivity contribution in [2.75, 3.05) is 13.7 Å². The second kappa shape index (κ2) is 6.86. The number of nitrogens with one attached hydrogen (secondary N) is 1. The highest BCUT2D eigenvalue weighted by Gasteiger charge is 2.09. The van der Waals surface area contributed by atoms with Crippen LogP contribution in [0.1, 0.15) is 21.7 Å². The Kier molecular flexibility index (Phi) is 4.90. The molecule has 2 rings (SSSR count). The SMILES string of the molecule is COC(=O)c1coc(CNCCc2cccc(F)c2)c1. The van der Waals surface area contributed by atoms with Gasteiger partial charge in [0.1, 0.15) is 17.8 Å². The molecule has 20 heavy (non-hydrogen) atoms. The first-order valence-corrected chi connectivity index (χ1v) is 6.30. The lowest BCUT2D eigenvalue weighted by Crippen LogP contribution is -2.16. The molecule has 0 atom stereocenters. The zero-order chi connectivity index (χ0) is 14.4. The van der Waals surface area contributed by atoms with Crippen molar-refractivity contribution in [3.05, 3.63) is 59.3 Å². The van der Waals surface area contributed by atoms with Crippen molar-refractivity contribution in [3.63, 3.8) is 0 Å². The van der Waals surface area contributed by atoms with Crippen LogP contribution in [0.5, 0.6) is 0 Å². The zero-order valence-electron chi connectivity index (χ0n) is 11.2. The summed E-state index contributed by atoms with van der Waals surface area (Å²) < 4.78 is 22.8. The fourth-order valence-corrected chi connectivity index (χ4v) is 1.84. The summed E-state index contributed by atoms with van der Waals surface area (Å²) in [5.41, 5.74) is 1.33. The van der Waals surface area contributed by atoms with Crippen LogP contribution in [0.3, 0.4) is 0 Å². The molecule has 4 nitrogen and oxygen atoms in total. The van der Waals surface area contributed by atoms with Crippen molar-refractivity contribution in [1.82, 2.24) is 5.32 Å². The van der Waals surface area contributed by atoms with Crippen LogP contribution < -0.4 is 5.32 Å². The lowest BCUT2D eigenvalue weighted by atomic mass is 10.1. The molecule has 0 fully saturated rings. The Bertz CT molecular complexity index is 580. The number of hydrogen-bond donors (Lipinski definition) is 1. The molecule has 0 radical (unpaired) electrons. The van der Waals surface area contributed by atoms with E-state index in [4.69, 9.17) is 4.42 Å². The maximum absolute atomic E-state index is 13.0. The number of benzene rings is 1. The number of furan rings is 1. The van der Waals surface area contributed by atoms with E-state index in [1.807, 2.05) is 6.07 Å². The van der Waals surface area contributed by atoms with Crippen LogP contribution in [0.4, 0.5) is 4.39 Å². The van der Waals surface area contributed by atoms with E-state index in [2.05, 4.69) is 10.1 Å². The maximum atomic E-state index is 13.0. The van der Waals surface area contributed by atoms with Crippen LogP contribution in [0, 0.1) is 5.82 Å². The van der Waals surface area contributed by atoms with Crippen LogP contribution in [-0.4, -0.2) is 19.6 Å². The van der Waals surface area contributed by atoms with E-state index < -0.39 is 5.97 Å². The van der Waals surface area contributed by atoms with Gasteiger partial charge in [0.15, 0.2) is 0 Å². The first kappa shape index (κ1) is 14.3. The molecular weight excluding hydrogens is 261 g/mol. The summed E-state index contributed by atoms with van der Waals surface area (Å²) in [4.78, 5) is 11.2. The van der Waals surface area contributed by atoms with Crippen LogP contribution in [-0.2, 0) is 17.7 Å². The molecule has 0 aliphatic carbocycles. The Morgan fingerprint density at radius 1 is 1.40 bits per heavy atom. The van der Waals surface area contributed by atoms with Gasteiger partial charge in [-0.3, -0.25) is 0 Å². The largest absolute Gasteiger partial charge is 0.467 e. The van der Waals surface area contributed by atoms with Gasteiger partial charge < -0.3 is 14.5 Å². The molecule has 0 unspecified atom stereocenters. The summed E-state index contributed by atoms with van der Waals surface area (Å²) in [6.07, 6.45) is 2.09. The van der Waals surface area contributed by atoms with Gasteiger partial charge in [-0.25, -0.2) is 9.18 Å². The summed E-state index contributed by atoms with van der Waals surface area (Å²) >= 11 is 0. The second-order valence-electron chi connectivity index (χ2n) is 4.35. The number of ether oxygens (including phenoxy) is 1. The van der Waals surface area contributed by atoms with Crippen molar-refractivity contribution in [2.45, 2.75) is 13.0 Å². The van der Waals surface area contributed by atoms with Crippen LogP contribution in [0.2, 0.25) is 0 Å². The molecular formula is C15H16FNO3. The first-order chi connectivity index (χ1) is 9.69. The number of rotatable bonds is 6. The van der Waals surface area contributed by atoms with E-state index in [-0.39, 0.29) is 5.82 Å². The molecule has 0 saturated carbocycles. The minimum Gasteiger partial charge on any atom is -0.467 e. The third-order valence-electron chi connectivity index (χ3n) is 2.85. The zero-order valence-corrected chi connectivity index (χ0v) is 11.2. The first-order valence-electron chi connectivity index (χ1n) is 6.30. The van der Waals surface area contributed by atoms with Crippen LogP contribution in [0.25, 0.3) is 0 Å². The highest BCUT2D eigenvalue weighted by Crippen LogP contribution is 2.09. The quantitative estimate of drug-likeness (QED) is 0.651. The molecule has 0 bridgehead atoms. The summed E-state index contributed by atoms with van der Waals surface area (Å²) in [7, 11) is 1.33. The van der Waals surface area contributed by atoms with E-state index >= 15 is 0 Å².